The van der Waals surface area contributed by atoms with E-state index in [1.807, 2.05) is 14.1 Å². The SMILES string of the molecule is CN(C)CC1CCC(C(N)=O)N1. The van der Waals surface area contributed by atoms with Crippen molar-refractivity contribution in [1.29, 1.82) is 0 Å². The molecule has 1 amide bonds. The number of nitrogens with zero attached hydrogens (tertiary/aromatic N) is 1. The third-order valence-electron chi connectivity index (χ3n) is 2.17. The summed E-state index contributed by atoms with van der Waals surface area (Å²) < 4.78 is 0. The number of rotatable bonds is 3. The summed E-state index contributed by atoms with van der Waals surface area (Å²) in [5.74, 6) is -0.226. The van der Waals surface area contributed by atoms with E-state index in [1.165, 1.54) is 0 Å². The fourth-order valence-electron chi connectivity index (χ4n) is 1.63. The summed E-state index contributed by atoms with van der Waals surface area (Å²) in [4.78, 5) is 12.9. The van der Waals surface area contributed by atoms with Crippen LogP contribution < -0.4 is 11.1 Å². The van der Waals surface area contributed by atoms with Gasteiger partial charge in [0.1, 0.15) is 0 Å². The lowest BCUT2D eigenvalue weighted by Crippen LogP contribution is -2.42. The Labute approximate surface area is 73.1 Å². The number of likely N-dealkylation sites (N-methyl/N-ethyl adjacent to an activating group) is 1. The summed E-state index contributed by atoms with van der Waals surface area (Å²) >= 11 is 0. The highest BCUT2D eigenvalue weighted by Gasteiger charge is 2.27. The first kappa shape index (κ1) is 9.48. The molecule has 4 nitrogen and oxygen atoms in total. The number of amides is 1. The van der Waals surface area contributed by atoms with Gasteiger partial charge in [0.25, 0.3) is 0 Å². The highest BCUT2D eigenvalue weighted by atomic mass is 16.1. The van der Waals surface area contributed by atoms with Crippen LogP contribution in [0.25, 0.3) is 0 Å². The molecule has 0 aromatic heterocycles. The third-order valence-corrected chi connectivity index (χ3v) is 2.17. The number of nitrogens with one attached hydrogen (secondary N) is 1. The van der Waals surface area contributed by atoms with Crippen molar-refractivity contribution in [1.82, 2.24) is 10.2 Å². The van der Waals surface area contributed by atoms with E-state index in [1.54, 1.807) is 0 Å². The van der Waals surface area contributed by atoms with Gasteiger partial charge in [-0.2, -0.15) is 0 Å². The normalized spacial score (nSPS) is 29.6. The Bertz CT molecular complexity index is 170. The fourth-order valence-corrected chi connectivity index (χ4v) is 1.63. The van der Waals surface area contributed by atoms with Gasteiger partial charge in [-0.05, 0) is 26.9 Å². The minimum absolute atomic E-state index is 0.102. The average molecular weight is 171 g/mol. The minimum Gasteiger partial charge on any atom is -0.368 e. The lowest BCUT2D eigenvalue weighted by Gasteiger charge is -2.16. The standard InChI is InChI=1S/C8H17N3O/c1-11(2)5-6-3-4-7(10-6)8(9)12/h6-7,10H,3-5H2,1-2H3,(H2,9,12). The highest BCUT2D eigenvalue weighted by molar-refractivity contribution is 5.80. The molecule has 0 spiro atoms. The van der Waals surface area contributed by atoms with Crippen LogP contribution in [0, 0.1) is 0 Å². The van der Waals surface area contributed by atoms with E-state index in [4.69, 9.17) is 5.73 Å². The average Bonchev–Trinajstić information content (AvgIpc) is 2.34. The third kappa shape index (κ3) is 2.46. The second kappa shape index (κ2) is 3.87. The molecule has 2 atom stereocenters. The van der Waals surface area contributed by atoms with Gasteiger partial charge in [0.15, 0.2) is 0 Å². The largest absolute Gasteiger partial charge is 0.368 e. The Balaban J connectivity index is 2.30. The molecular weight excluding hydrogens is 154 g/mol. The number of carbonyl (C=O) groups is 1. The van der Waals surface area contributed by atoms with Gasteiger partial charge in [0.2, 0.25) is 5.91 Å². The molecule has 1 fully saturated rings. The van der Waals surface area contributed by atoms with Crippen LogP contribution >= 0.6 is 0 Å². The molecule has 1 aliphatic heterocycles. The predicted octanol–water partition coefficient (Wildman–Crippen LogP) is -0.846. The maximum atomic E-state index is 10.8. The molecule has 1 aliphatic rings. The van der Waals surface area contributed by atoms with Gasteiger partial charge in [-0.3, -0.25) is 4.79 Å². The quantitative estimate of drug-likeness (QED) is 0.582. The van der Waals surface area contributed by atoms with Crippen molar-refractivity contribution in [2.45, 2.75) is 24.9 Å². The summed E-state index contributed by atoms with van der Waals surface area (Å²) in [6.45, 7) is 0.976. The molecule has 0 aromatic carbocycles. The Kier molecular flexibility index (Phi) is 3.05. The molecular formula is C8H17N3O. The van der Waals surface area contributed by atoms with Crippen molar-refractivity contribution in [2.24, 2.45) is 5.73 Å². The maximum absolute atomic E-state index is 10.8. The molecule has 3 N–H and O–H groups in total. The first-order valence-electron chi connectivity index (χ1n) is 4.29. The van der Waals surface area contributed by atoms with E-state index < -0.39 is 0 Å². The molecule has 1 saturated heterocycles. The summed E-state index contributed by atoms with van der Waals surface area (Å²) in [5, 5.41) is 3.21. The van der Waals surface area contributed by atoms with E-state index in [-0.39, 0.29) is 11.9 Å². The van der Waals surface area contributed by atoms with Gasteiger partial charge >= 0.3 is 0 Å². The summed E-state index contributed by atoms with van der Waals surface area (Å²) in [6, 6.07) is 0.326. The molecule has 1 heterocycles. The maximum Gasteiger partial charge on any atom is 0.234 e. The van der Waals surface area contributed by atoms with E-state index >= 15 is 0 Å². The molecule has 0 aromatic rings. The zero-order chi connectivity index (χ0) is 9.14. The lowest BCUT2D eigenvalue weighted by molar-refractivity contribution is -0.119. The molecule has 4 heteroatoms. The van der Waals surface area contributed by atoms with Crippen LogP contribution in [0.1, 0.15) is 12.8 Å². The van der Waals surface area contributed by atoms with Gasteiger partial charge in [0, 0.05) is 12.6 Å². The zero-order valence-corrected chi connectivity index (χ0v) is 7.71. The summed E-state index contributed by atoms with van der Waals surface area (Å²) in [7, 11) is 4.05. The van der Waals surface area contributed by atoms with Crippen LogP contribution in [-0.4, -0.2) is 43.5 Å². The Morgan fingerprint density at radius 3 is 2.67 bits per heavy atom. The predicted molar refractivity (Wildman–Crippen MR) is 47.7 cm³/mol. The van der Waals surface area contributed by atoms with Gasteiger partial charge in [0.05, 0.1) is 6.04 Å². The second-order valence-electron chi connectivity index (χ2n) is 3.66. The van der Waals surface area contributed by atoms with E-state index in [9.17, 15) is 4.79 Å². The molecule has 0 bridgehead atoms. The fraction of sp³-hybridized carbons (Fsp3) is 0.875. The number of hydrogen-bond acceptors (Lipinski definition) is 3. The number of hydrogen-bond donors (Lipinski definition) is 2. The Morgan fingerprint density at radius 2 is 2.25 bits per heavy atom. The smallest absolute Gasteiger partial charge is 0.234 e. The number of primary amides is 1. The number of nitrogens with two attached hydrogens (primary N) is 1. The summed E-state index contributed by atoms with van der Waals surface area (Å²) in [6.07, 6.45) is 1.93. The first-order chi connectivity index (χ1) is 5.59. The molecule has 70 valence electrons. The van der Waals surface area contributed by atoms with E-state index in [0.717, 1.165) is 19.4 Å². The van der Waals surface area contributed by atoms with Crippen LogP contribution in [0.3, 0.4) is 0 Å². The minimum atomic E-state index is -0.226. The monoisotopic (exact) mass is 171 g/mol. The van der Waals surface area contributed by atoms with E-state index in [2.05, 4.69) is 10.2 Å². The molecule has 0 saturated carbocycles. The van der Waals surface area contributed by atoms with Gasteiger partial charge in [-0.25, -0.2) is 0 Å². The Hall–Kier alpha value is -0.610. The molecule has 12 heavy (non-hydrogen) atoms. The van der Waals surface area contributed by atoms with Crippen LogP contribution in [0.15, 0.2) is 0 Å². The van der Waals surface area contributed by atoms with Crippen molar-refractivity contribution in [3.05, 3.63) is 0 Å². The van der Waals surface area contributed by atoms with Crippen molar-refractivity contribution in [2.75, 3.05) is 20.6 Å². The molecule has 1 rings (SSSR count). The van der Waals surface area contributed by atoms with Gasteiger partial charge in [-0.1, -0.05) is 0 Å². The van der Waals surface area contributed by atoms with Crippen molar-refractivity contribution < 1.29 is 4.79 Å². The molecule has 2 unspecified atom stereocenters. The summed E-state index contributed by atoms with van der Waals surface area (Å²) in [5.41, 5.74) is 5.18. The van der Waals surface area contributed by atoms with Crippen molar-refractivity contribution in [3.8, 4) is 0 Å². The Morgan fingerprint density at radius 1 is 1.58 bits per heavy atom. The van der Waals surface area contributed by atoms with Gasteiger partial charge in [-0.15, -0.1) is 0 Å². The second-order valence-corrected chi connectivity index (χ2v) is 3.66. The first-order valence-corrected chi connectivity index (χ1v) is 4.29. The van der Waals surface area contributed by atoms with Crippen LogP contribution in [0.4, 0.5) is 0 Å². The van der Waals surface area contributed by atoms with Crippen LogP contribution in [-0.2, 0) is 4.79 Å². The highest BCUT2D eigenvalue weighted by Crippen LogP contribution is 2.12. The van der Waals surface area contributed by atoms with Crippen LogP contribution in [0.2, 0.25) is 0 Å². The van der Waals surface area contributed by atoms with Crippen molar-refractivity contribution >= 4 is 5.91 Å². The lowest BCUT2D eigenvalue weighted by atomic mass is 10.2. The topological polar surface area (TPSA) is 58.4 Å². The number of carbonyl (C=O) groups excluding carboxylic acids is 1. The van der Waals surface area contributed by atoms with E-state index in [0.29, 0.717) is 6.04 Å². The molecule has 0 aliphatic carbocycles. The van der Waals surface area contributed by atoms with Gasteiger partial charge < -0.3 is 16.0 Å². The zero-order valence-electron chi connectivity index (χ0n) is 7.71. The van der Waals surface area contributed by atoms with Crippen LogP contribution in [0.5, 0.6) is 0 Å². The van der Waals surface area contributed by atoms with Crippen molar-refractivity contribution in [3.63, 3.8) is 0 Å². The molecule has 0 radical (unpaired) electrons.